The van der Waals surface area contributed by atoms with Crippen LogP contribution < -0.4 is 9.47 Å². The molecule has 2 rings (SSSR count). The average molecular weight is 382 g/mol. The van der Waals surface area contributed by atoms with E-state index in [1.807, 2.05) is 6.92 Å². The lowest BCUT2D eigenvalue weighted by molar-refractivity contribution is -0.122. The zero-order chi connectivity index (χ0) is 18.4. The van der Waals surface area contributed by atoms with Gasteiger partial charge in [-0.05, 0) is 42.0 Å². The molecule has 134 valence electrons. The summed E-state index contributed by atoms with van der Waals surface area (Å²) in [6.07, 6.45) is 4.96. The number of rotatable bonds is 8. The molecule has 0 saturated carbocycles. The van der Waals surface area contributed by atoms with Crippen LogP contribution in [0, 0.1) is 0 Å². The van der Waals surface area contributed by atoms with Crippen molar-refractivity contribution in [1.82, 2.24) is 4.90 Å². The van der Waals surface area contributed by atoms with Crippen molar-refractivity contribution in [3.05, 3.63) is 40.3 Å². The summed E-state index contributed by atoms with van der Waals surface area (Å²) in [5.41, 5.74) is 0.661. The number of hydrogen-bond acceptors (Lipinski definition) is 5. The van der Waals surface area contributed by atoms with Crippen LogP contribution in [0.25, 0.3) is 6.08 Å². The lowest BCUT2D eigenvalue weighted by atomic mass is 10.1. The normalized spacial score (nSPS) is 15.8. The quantitative estimate of drug-likeness (QED) is 0.480. The number of imide groups is 1. The zero-order valence-electron chi connectivity index (χ0n) is 14.2. The second kappa shape index (κ2) is 8.97. The fourth-order valence-electron chi connectivity index (χ4n) is 2.27. The Morgan fingerprint density at radius 1 is 1.36 bits per heavy atom. The van der Waals surface area contributed by atoms with E-state index in [4.69, 9.17) is 21.1 Å². The van der Waals surface area contributed by atoms with Gasteiger partial charge in [0.15, 0.2) is 11.5 Å². The lowest BCUT2D eigenvalue weighted by Gasteiger charge is -2.12. The van der Waals surface area contributed by atoms with E-state index in [-0.39, 0.29) is 11.1 Å². The van der Waals surface area contributed by atoms with E-state index in [0.717, 1.165) is 24.6 Å². The van der Waals surface area contributed by atoms with Crippen molar-refractivity contribution in [3.8, 4) is 11.5 Å². The van der Waals surface area contributed by atoms with Gasteiger partial charge in [-0.1, -0.05) is 37.6 Å². The van der Waals surface area contributed by atoms with Crippen LogP contribution >= 0.6 is 23.4 Å². The third-order valence-corrected chi connectivity index (χ3v) is 4.69. The molecule has 1 fully saturated rings. The predicted molar refractivity (Wildman–Crippen MR) is 101 cm³/mol. The molecule has 0 atom stereocenters. The zero-order valence-corrected chi connectivity index (χ0v) is 15.8. The van der Waals surface area contributed by atoms with Crippen molar-refractivity contribution in [2.75, 3.05) is 20.3 Å². The number of thioether (sulfide) groups is 1. The molecule has 0 unspecified atom stereocenters. The summed E-state index contributed by atoms with van der Waals surface area (Å²) in [7, 11) is 1.51. The Morgan fingerprint density at radius 3 is 2.76 bits per heavy atom. The molecular formula is C18H20ClNO4S. The largest absolute Gasteiger partial charge is 0.493 e. The van der Waals surface area contributed by atoms with Crippen LogP contribution in [0.15, 0.2) is 29.7 Å². The van der Waals surface area contributed by atoms with E-state index < -0.39 is 0 Å². The molecule has 25 heavy (non-hydrogen) atoms. The van der Waals surface area contributed by atoms with Crippen LogP contribution in [-0.4, -0.2) is 36.3 Å². The SMILES string of the molecule is C=CCOc1c(Cl)cc(/C=C2\SC(=O)N(CCCC)C2=O)cc1OC. The van der Waals surface area contributed by atoms with Gasteiger partial charge >= 0.3 is 0 Å². The van der Waals surface area contributed by atoms with Crippen LogP contribution in [0.5, 0.6) is 11.5 Å². The number of unbranched alkanes of at least 4 members (excludes halogenated alkanes) is 1. The molecule has 5 nitrogen and oxygen atoms in total. The molecule has 0 aliphatic carbocycles. The fraction of sp³-hybridized carbons (Fsp3) is 0.333. The van der Waals surface area contributed by atoms with E-state index in [1.54, 1.807) is 24.3 Å². The third-order valence-electron chi connectivity index (χ3n) is 3.50. The maximum absolute atomic E-state index is 12.4. The Kier molecular flexibility index (Phi) is 6.96. The number of benzene rings is 1. The standard InChI is InChI=1S/C18H20ClNO4S/c1-4-6-7-20-17(21)15(25-18(20)22)11-12-9-13(19)16(24-8-5-2)14(10-12)23-3/h5,9-11H,2,4,6-8H2,1,3H3/b15-11-. The van der Waals surface area contributed by atoms with Gasteiger partial charge in [0.05, 0.1) is 17.0 Å². The van der Waals surface area contributed by atoms with Crippen molar-refractivity contribution in [1.29, 1.82) is 0 Å². The lowest BCUT2D eigenvalue weighted by Crippen LogP contribution is -2.29. The molecule has 1 aliphatic heterocycles. The van der Waals surface area contributed by atoms with Crippen molar-refractivity contribution in [2.24, 2.45) is 0 Å². The van der Waals surface area contributed by atoms with Crippen molar-refractivity contribution in [3.63, 3.8) is 0 Å². The number of carbonyl (C=O) groups excluding carboxylic acids is 2. The van der Waals surface area contributed by atoms with Crippen molar-refractivity contribution >= 4 is 40.6 Å². The Morgan fingerprint density at radius 2 is 2.12 bits per heavy atom. The van der Waals surface area contributed by atoms with Crippen molar-refractivity contribution in [2.45, 2.75) is 19.8 Å². The minimum atomic E-state index is -0.273. The molecule has 1 aromatic rings. The third kappa shape index (κ3) is 4.58. The monoisotopic (exact) mass is 381 g/mol. The first-order chi connectivity index (χ1) is 12.0. The first-order valence-electron chi connectivity index (χ1n) is 7.88. The van der Waals surface area contributed by atoms with Crippen LogP contribution in [0.4, 0.5) is 4.79 Å². The molecule has 0 N–H and O–H groups in total. The molecule has 1 aliphatic rings. The highest BCUT2D eigenvalue weighted by Crippen LogP contribution is 2.39. The first kappa shape index (κ1) is 19.4. The summed E-state index contributed by atoms with van der Waals surface area (Å²) >= 11 is 7.19. The molecule has 0 spiro atoms. The summed E-state index contributed by atoms with van der Waals surface area (Å²) in [5.74, 6) is 0.591. The number of halogens is 1. The van der Waals surface area contributed by atoms with E-state index in [1.165, 1.54) is 12.0 Å². The Bertz CT molecular complexity index is 717. The van der Waals surface area contributed by atoms with Gasteiger partial charge in [0, 0.05) is 6.54 Å². The molecule has 7 heteroatoms. The molecule has 1 aromatic carbocycles. The van der Waals surface area contributed by atoms with Crippen LogP contribution in [0.1, 0.15) is 25.3 Å². The van der Waals surface area contributed by atoms with Crippen molar-refractivity contribution < 1.29 is 19.1 Å². The topological polar surface area (TPSA) is 55.8 Å². The van der Waals surface area contributed by atoms with E-state index >= 15 is 0 Å². The average Bonchev–Trinajstić information content (AvgIpc) is 2.85. The summed E-state index contributed by atoms with van der Waals surface area (Å²) in [6.45, 7) is 6.35. The minimum absolute atomic E-state index is 0.242. The molecule has 0 aromatic heterocycles. The maximum Gasteiger partial charge on any atom is 0.293 e. The van der Waals surface area contributed by atoms with Crippen LogP contribution in [0.2, 0.25) is 5.02 Å². The Labute approximate surface area is 156 Å². The van der Waals surface area contributed by atoms with Gasteiger partial charge in [0.2, 0.25) is 0 Å². The highest BCUT2D eigenvalue weighted by Gasteiger charge is 2.34. The molecule has 0 radical (unpaired) electrons. The predicted octanol–water partition coefficient (Wildman–Crippen LogP) is 4.75. The van der Waals surface area contributed by atoms with Gasteiger partial charge in [-0.15, -0.1) is 0 Å². The molecule has 2 amide bonds. The van der Waals surface area contributed by atoms with Gasteiger partial charge in [-0.3, -0.25) is 14.5 Å². The van der Waals surface area contributed by atoms with Gasteiger partial charge in [0.25, 0.3) is 11.1 Å². The van der Waals surface area contributed by atoms with Gasteiger partial charge < -0.3 is 9.47 Å². The number of amides is 2. The number of hydrogen-bond donors (Lipinski definition) is 0. The highest BCUT2D eigenvalue weighted by atomic mass is 35.5. The molecular weight excluding hydrogens is 362 g/mol. The van der Waals surface area contributed by atoms with Gasteiger partial charge in [-0.25, -0.2) is 0 Å². The van der Waals surface area contributed by atoms with Crippen LogP contribution in [0.3, 0.4) is 0 Å². The van der Waals surface area contributed by atoms with Gasteiger partial charge in [-0.2, -0.15) is 0 Å². The first-order valence-corrected chi connectivity index (χ1v) is 9.07. The molecule has 0 bridgehead atoms. The molecule has 1 saturated heterocycles. The smallest absolute Gasteiger partial charge is 0.293 e. The summed E-state index contributed by atoms with van der Waals surface area (Å²) in [6, 6.07) is 3.38. The maximum atomic E-state index is 12.4. The Hall–Kier alpha value is -1.92. The number of methoxy groups -OCH3 is 1. The second-order valence-corrected chi connectivity index (χ2v) is 6.72. The van der Waals surface area contributed by atoms with Crippen LogP contribution in [-0.2, 0) is 4.79 Å². The number of nitrogens with zero attached hydrogens (tertiary/aromatic N) is 1. The minimum Gasteiger partial charge on any atom is -0.493 e. The van der Waals surface area contributed by atoms with Gasteiger partial charge in [0.1, 0.15) is 6.61 Å². The van der Waals surface area contributed by atoms with E-state index in [2.05, 4.69) is 6.58 Å². The van der Waals surface area contributed by atoms with E-state index in [0.29, 0.717) is 40.1 Å². The number of ether oxygens (including phenoxy) is 2. The summed E-state index contributed by atoms with van der Waals surface area (Å²) in [4.78, 5) is 26.0. The number of carbonyl (C=O) groups is 2. The summed E-state index contributed by atoms with van der Waals surface area (Å²) < 4.78 is 10.8. The summed E-state index contributed by atoms with van der Waals surface area (Å²) in [5, 5.41) is 0.117. The molecule has 1 heterocycles. The fourth-order valence-corrected chi connectivity index (χ4v) is 3.40. The highest BCUT2D eigenvalue weighted by molar-refractivity contribution is 8.18. The Balaban J connectivity index is 2.28. The second-order valence-electron chi connectivity index (χ2n) is 5.32. The van der Waals surface area contributed by atoms with E-state index in [9.17, 15) is 9.59 Å².